The zero-order valence-corrected chi connectivity index (χ0v) is 16.3. The Morgan fingerprint density at radius 3 is 2.57 bits per heavy atom. The fraction of sp³-hybridized carbons (Fsp3) is 0.455. The van der Waals surface area contributed by atoms with E-state index in [4.69, 9.17) is 4.42 Å². The van der Waals surface area contributed by atoms with Crippen LogP contribution in [0.2, 0.25) is 0 Å². The van der Waals surface area contributed by atoms with Crippen LogP contribution >= 0.6 is 0 Å². The van der Waals surface area contributed by atoms with E-state index in [1.54, 1.807) is 11.0 Å². The second-order valence-corrected chi connectivity index (χ2v) is 7.23. The van der Waals surface area contributed by atoms with Gasteiger partial charge in [-0.2, -0.15) is 0 Å². The molecule has 0 saturated carbocycles. The van der Waals surface area contributed by atoms with E-state index in [0.717, 1.165) is 25.2 Å². The molecule has 150 valence electrons. The minimum Gasteiger partial charge on any atom is -0.472 e. The third-order valence-corrected chi connectivity index (χ3v) is 5.08. The number of rotatable bonds is 9. The molecule has 0 unspecified atom stereocenters. The summed E-state index contributed by atoms with van der Waals surface area (Å²) >= 11 is 0. The number of hydrogen-bond acceptors (Lipinski definition) is 4. The third-order valence-electron chi connectivity index (χ3n) is 5.08. The number of hydrogen-bond donors (Lipinski definition) is 1. The minimum atomic E-state index is -0.126. The molecule has 0 bridgehead atoms. The molecule has 6 heteroatoms. The number of nitrogens with one attached hydrogen (secondary N) is 1. The van der Waals surface area contributed by atoms with Gasteiger partial charge < -0.3 is 19.5 Å². The van der Waals surface area contributed by atoms with Crippen LogP contribution in [0, 0.1) is 0 Å². The lowest BCUT2D eigenvalue weighted by atomic mass is 10.1. The second-order valence-electron chi connectivity index (χ2n) is 7.23. The van der Waals surface area contributed by atoms with Crippen molar-refractivity contribution in [2.45, 2.75) is 32.2 Å². The van der Waals surface area contributed by atoms with Crippen LogP contribution in [0.4, 0.5) is 0 Å². The predicted octanol–water partition coefficient (Wildman–Crippen LogP) is 2.91. The number of likely N-dealkylation sites (tertiary alicyclic amines) is 1. The lowest BCUT2D eigenvalue weighted by Crippen LogP contribution is -2.39. The van der Waals surface area contributed by atoms with Crippen LogP contribution in [-0.2, 0) is 11.3 Å². The molecule has 0 atom stereocenters. The Morgan fingerprint density at radius 2 is 1.86 bits per heavy atom. The van der Waals surface area contributed by atoms with Gasteiger partial charge in [-0.25, -0.2) is 0 Å². The zero-order chi connectivity index (χ0) is 19.6. The Labute approximate surface area is 166 Å². The fourth-order valence-electron chi connectivity index (χ4n) is 3.49. The van der Waals surface area contributed by atoms with Crippen molar-refractivity contribution in [2.24, 2.45) is 0 Å². The van der Waals surface area contributed by atoms with Gasteiger partial charge in [-0.05, 0) is 37.6 Å². The van der Waals surface area contributed by atoms with Crippen LogP contribution in [0.15, 0.2) is 53.3 Å². The monoisotopic (exact) mass is 383 g/mol. The van der Waals surface area contributed by atoms with Crippen molar-refractivity contribution >= 4 is 11.8 Å². The highest BCUT2D eigenvalue weighted by Gasteiger charge is 2.18. The van der Waals surface area contributed by atoms with Gasteiger partial charge in [0.15, 0.2) is 0 Å². The number of piperidine rings is 1. The summed E-state index contributed by atoms with van der Waals surface area (Å²) in [5.74, 6) is -0.145. The van der Waals surface area contributed by atoms with Gasteiger partial charge >= 0.3 is 0 Å². The zero-order valence-electron chi connectivity index (χ0n) is 16.3. The van der Waals surface area contributed by atoms with Crippen LogP contribution in [0.25, 0.3) is 0 Å². The molecule has 1 aromatic carbocycles. The van der Waals surface area contributed by atoms with Gasteiger partial charge in [0, 0.05) is 32.6 Å². The molecule has 2 amide bonds. The topological polar surface area (TPSA) is 65.8 Å². The van der Waals surface area contributed by atoms with Crippen molar-refractivity contribution in [3.8, 4) is 0 Å². The Hall–Kier alpha value is -2.60. The summed E-state index contributed by atoms with van der Waals surface area (Å²) < 4.78 is 5.04. The first-order chi connectivity index (χ1) is 13.7. The first-order valence-corrected chi connectivity index (χ1v) is 10.1. The van der Waals surface area contributed by atoms with Gasteiger partial charge in [0.1, 0.15) is 6.26 Å². The second kappa shape index (κ2) is 10.7. The maximum atomic E-state index is 12.8. The summed E-state index contributed by atoms with van der Waals surface area (Å²) in [6.07, 6.45) is 7.03. The van der Waals surface area contributed by atoms with E-state index in [9.17, 15) is 9.59 Å². The molecule has 3 rings (SSSR count). The van der Waals surface area contributed by atoms with E-state index in [1.807, 2.05) is 30.3 Å². The summed E-state index contributed by atoms with van der Waals surface area (Å²) in [6.45, 7) is 4.64. The van der Waals surface area contributed by atoms with Gasteiger partial charge in [-0.3, -0.25) is 9.59 Å². The summed E-state index contributed by atoms with van der Waals surface area (Å²) in [7, 11) is 0. The first-order valence-electron chi connectivity index (χ1n) is 10.1. The Kier molecular flexibility index (Phi) is 7.67. The van der Waals surface area contributed by atoms with Crippen LogP contribution in [0.5, 0.6) is 0 Å². The molecule has 1 aliphatic rings. The molecule has 0 aliphatic carbocycles. The molecular formula is C22H29N3O3. The van der Waals surface area contributed by atoms with E-state index >= 15 is 0 Å². The standard InChI is InChI=1S/C22H29N3O3/c26-21(23-11-15-24-12-5-2-6-13-24)9-14-25(17-19-7-3-1-4-8-19)22(27)20-10-16-28-18-20/h1,3-4,7-8,10,16,18H,2,5-6,9,11-15,17H2,(H,23,26). The molecule has 2 heterocycles. The molecule has 6 nitrogen and oxygen atoms in total. The van der Waals surface area contributed by atoms with Gasteiger partial charge in [0.25, 0.3) is 5.91 Å². The highest BCUT2D eigenvalue weighted by atomic mass is 16.3. The predicted molar refractivity (Wildman–Crippen MR) is 108 cm³/mol. The quantitative estimate of drug-likeness (QED) is 0.723. The van der Waals surface area contributed by atoms with Crippen LogP contribution in [0.3, 0.4) is 0 Å². The normalized spacial score (nSPS) is 14.6. The molecule has 1 saturated heterocycles. The Morgan fingerprint density at radius 1 is 1.07 bits per heavy atom. The molecule has 2 aromatic rings. The average Bonchev–Trinajstić information content (AvgIpc) is 3.27. The van der Waals surface area contributed by atoms with Crippen LogP contribution < -0.4 is 5.32 Å². The number of carbonyl (C=O) groups excluding carboxylic acids is 2. The van der Waals surface area contributed by atoms with Crippen LogP contribution in [-0.4, -0.2) is 54.3 Å². The fourth-order valence-corrected chi connectivity index (χ4v) is 3.49. The van der Waals surface area contributed by atoms with Crippen molar-refractivity contribution in [3.05, 3.63) is 60.1 Å². The lowest BCUT2D eigenvalue weighted by molar-refractivity contribution is -0.121. The third kappa shape index (κ3) is 6.23. The summed E-state index contributed by atoms with van der Waals surface area (Å²) in [5, 5.41) is 2.99. The molecule has 1 aromatic heterocycles. The van der Waals surface area contributed by atoms with Gasteiger partial charge in [0.05, 0.1) is 11.8 Å². The van der Waals surface area contributed by atoms with Crippen molar-refractivity contribution < 1.29 is 14.0 Å². The van der Waals surface area contributed by atoms with Gasteiger partial charge in [-0.1, -0.05) is 36.8 Å². The largest absolute Gasteiger partial charge is 0.472 e. The SMILES string of the molecule is O=C(CCN(Cc1ccccc1)C(=O)c1ccoc1)NCCN1CCCCC1. The van der Waals surface area contributed by atoms with E-state index in [1.165, 1.54) is 31.8 Å². The molecule has 1 aliphatic heterocycles. The Balaban J connectivity index is 1.49. The van der Waals surface area contributed by atoms with E-state index in [-0.39, 0.29) is 18.2 Å². The number of furan rings is 1. The summed E-state index contributed by atoms with van der Waals surface area (Å²) in [6, 6.07) is 11.5. The molecule has 0 spiro atoms. The van der Waals surface area contributed by atoms with Gasteiger partial charge in [0.2, 0.25) is 5.91 Å². The molecule has 1 N–H and O–H groups in total. The van der Waals surface area contributed by atoms with Crippen molar-refractivity contribution in [1.29, 1.82) is 0 Å². The number of nitrogens with zero attached hydrogens (tertiary/aromatic N) is 2. The average molecular weight is 383 g/mol. The highest BCUT2D eigenvalue weighted by Crippen LogP contribution is 2.11. The smallest absolute Gasteiger partial charge is 0.257 e. The lowest BCUT2D eigenvalue weighted by Gasteiger charge is -2.26. The van der Waals surface area contributed by atoms with Crippen LogP contribution in [0.1, 0.15) is 41.6 Å². The maximum Gasteiger partial charge on any atom is 0.257 e. The molecule has 1 fully saturated rings. The summed E-state index contributed by atoms with van der Waals surface area (Å²) in [4.78, 5) is 29.1. The molecule has 0 radical (unpaired) electrons. The minimum absolute atomic E-state index is 0.0185. The Bertz CT molecular complexity index is 725. The van der Waals surface area contributed by atoms with E-state index in [0.29, 0.717) is 25.2 Å². The number of benzene rings is 1. The number of amides is 2. The molecule has 28 heavy (non-hydrogen) atoms. The van der Waals surface area contributed by atoms with Crippen molar-refractivity contribution in [1.82, 2.24) is 15.1 Å². The first kappa shape index (κ1) is 20.1. The molecular weight excluding hydrogens is 354 g/mol. The number of carbonyl (C=O) groups is 2. The van der Waals surface area contributed by atoms with E-state index in [2.05, 4.69) is 10.2 Å². The highest BCUT2D eigenvalue weighted by molar-refractivity contribution is 5.94. The summed E-state index contributed by atoms with van der Waals surface area (Å²) in [5.41, 5.74) is 1.53. The van der Waals surface area contributed by atoms with Crippen molar-refractivity contribution in [2.75, 3.05) is 32.7 Å². The van der Waals surface area contributed by atoms with Crippen molar-refractivity contribution in [3.63, 3.8) is 0 Å². The van der Waals surface area contributed by atoms with E-state index < -0.39 is 0 Å². The van der Waals surface area contributed by atoms with Gasteiger partial charge in [-0.15, -0.1) is 0 Å². The maximum absolute atomic E-state index is 12.8.